The molecule has 18 heavy (non-hydrogen) atoms. The Labute approximate surface area is 110 Å². The van der Waals surface area contributed by atoms with E-state index in [0.29, 0.717) is 12.6 Å². The third-order valence-electron chi connectivity index (χ3n) is 4.12. The Balaban J connectivity index is 2.09. The van der Waals surface area contributed by atoms with E-state index in [9.17, 15) is 8.42 Å². The van der Waals surface area contributed by atoms with Crippen LogP contribution in [0.2, 0.25) is 0 Å². The summed E-state index contributed by atoms with van der Waals surface area (Å²) in [6, 6.07) is 0.575. The Bertz CT molecular complexity index is 372. The van der Waals surface area contributed by atoms with Gasteiger partial charge in [-0.1, -0.05) is 6.92 Å². The fourth-order valence-electron chi connectivity index (χ4n) is 3.04. The number of rotatable bonds is 5. The van der Waals surface area contributed by atoms with Crippen molar-refractivity contribution in [3.63, 3.8) is 0 Å². The first-order chi connectivity index (χ1) is 8.58. The molecular weight excluding hydrogens is 252 g/mol. The summed E-state index contributed by atoms with van der Waals surface area (Å²) in [6.07, 6.45) is 3.22. The second-order valence-corrected chi connectivity index (χ2v) is 7.27. The van der Waals surface area contributed by atoms with Gasteiger partial charge in [-0.2, -0.15) is 4.31 Å². The molecule has 2 aliphatic rings. The van der Waals surface area contributed by atoms with Gasteiger partial charge in [0.15, 0.2) is 0 Å². The van der Waals surface area contributed by atoms with Crippen LogP contribution >= 0.6 is 0 Å². The summed E-state index contributed by atoms with van der Waals surface area (Å²) >= 11 is 0. The predicted octanol–water partition coefficient (Wildman–Crippen LogP) is 0.521. The monoisotopic (exact) mass is 276 g/mol. The molecule has 0 aromatic heterocycles. The topological polar surface area (TPSA) is 49.9 Å². The molecule has 0 N–H and O–H groups in total. The maximum Gasteiger partial charge on any atom is 0.216 e. The molecule has 2 rings (SSSR count). The van der Waals surface area contributed by atoms with Gasteiger partial charge < -0.3 is 4.74 Å². The van der Waals surface area contributed by atoms with Gasteiger partial charge in [-0.15, -0.1) is 0 Å². The molecule has 2 fully saturated rings. The molecule has 2 aliphatic heterocycles. The third kappa shape index (κ3) is 2.87. The zero-order chi connectivity index (χ0) is 13.2. The first-order valence-corrected chi connectivity index (χ1v) is 8.42. The Morgan fingerprint density at radius 1 is 1.33 bits per heavy atom. The molecule has 0 aliphatic carbocycles. The average molecular weight is 276 g/mol. The van der Waals surface area contributed by atoms with Crippen LogP contribution in [0.1, 0.15) is 26.2 Å². The third-order valence-corrected chi connectivity index (χ3v) is 5.96. The molecule has 2 atom stereocenters. The Morgan fingerprint density at radius 2 is 2.11 bits per heavy atom. The van der Waals surface area contributed by atoms with Crippen LogP contribution in [0.15, 0.2) is 0 Å². The lowest BCUT2D eigenvalue weighted by Crippen LogP contribution is -2.58. The van der Waals surface area contributed by atoms with E-state index in [-0.39, 0.29) is 18.4 Å². The second-order valence-electron chi connectivity index (χ2n) is 5.23. The van der Waals surface area contributed by atoms with Gasteiger partial charge in [-0.25, -0.2) is 8.42 Å². The molecule has 2 saturated heterocycles. The van der Waals surface area contributed by atoms with E-state index in [2.05, 4.69) is 11.8 Å². The van der Waals surface area contributed by atoms with E-state index in [0.717, 1.165) is 25.9 Å². The molecule has 6 heteroatoms. The Morgan fingerprint density at radius 3 is 2.78 bits per heavy atom. The number of nitrogens with zero attached hydrogens (tertiary/aromatic N) is 2. The van der Waals surface area contributed by atoms with Crippen molar-refractivity contribution < 1.29 is 13.2 Å². The quantitative estimate of drug-likeness (QED) is 0.734. The molecule has 0 bridgehead atoms. The van der Waals surface area contributed by atoms with E-state index in [1.807, 2.05) is 0 Å². The molecule has 0 radical (unpaired) electrons. The summed E-state index contributed by atoms with van der Waals surface area (Å²) in [5.41, 5.74) is 0. The van der Waals surface area contributed by atoms with Gasteiger partial charge in [-0.3, -0.25) is 4.90 Å². The highest BCUT2D eigenvalue weighted by atomic mass is 32.2. The largest absolute Gasteiger partial charge is 0.384 e. The van der Waals surface area contributed by atoms with E-state index >= 15 is 0 Å². The number of sulfonamides is 1. The van der Waals surface area contributed by atoms with Crippen molar-refractivity contribution in [2.45, 2.75) is 38.3 Å². The minimum atomic E-state index is -3.16. The zero-order valence-electron chi connectivity index (χ0n) is 11.3. The molecule has 106 valence electrons. The van der Waals surface area contributed by atoms with Crippen molar-refractivity contribution in [2.24, 2.45) is 0 Å². The smallest absolute Gasteiger partial charge is 0.216 e. The van der Waals surface area contributed by atoms with E-state index in [1.165, 1.54) is 6.42 Å². The van der Waals surface area contributed by atoms with Crippen LogP contribution in [0, 0.1) is 0 Å². The fraction of sp³-hybridized carbons (Fsp3) is 1.00. The van der Waals surface area contributed by atoms with Crippen LogP contribution in [-0.2, 0) is 14.8 Å². The van der Waals surface area contributed by atoms with Crippen molar-refractivity contribution in [3.05, 3.63) is 0 Å². The molecule has 0 unspecified atom stereocenters. The summed E-state index contributed by atoms with van der Waals surface area (Å²) in [4.78, 5) is 2.45. The summed E-state index contributed by atoms with van der Waals surface area (Å²) in [5.74, 6) is 0.104. The normalized spacial score (nSPS) is 30.6. The molecule has 0 saturated carbocycles. The van der Waals surface area contributed by atoms with Crippen molar-refractivity contribution in [3.8, 4) is 0 Å². The van der Waals surface area contributed by atoms with Gasteiger partial charge in [0.2, 0.25) is 10.0 Å². The van der Waals surface area contributed by atoms with E-state index < -0.39 is 10.0 Å². The van der Waals surface area contributed by atoms with Gasteiger partial charge in [0, 0.05) is 32.3 Å². The SMILES string of the molecule is CC[C@@H]1CN2CCC[C@H]2CN1S(=O)(=O)CCOC. The minimum absolute atomic E-state index is 0.104. The highest BCUT2D eigenvalue weighted by Gasteiger charge is 2.40. The molecule has 5 nitrogen and oxygen atoms in total. The molecule has 0 spiro atoms. The van der Waals surface area contributed by atoms with Gasteiger partial charge in [-0.05, 0) is 25.8 Å². The lowest BCUT2D eigenvalue weighted by Gasteiger charge is -2.42. The average Bonchev–Trinajstić information content (AvgIpc) is 2.82. The van der Waals surface area contributed by atoms with Crippen molar-refractivity contribution >= 4 is 10.0 Å². The first kappa shape index (κ1) is 14.2. The summed E-state index contributed by atoms with van der Waals surface area (Å²) in [6.45, 7) is 5.05. The van der Waals surface area contributed by atoms with Crippen molar-refractivity contribution in [1.29, 1.82) is 0 Å². The number of fused-ring (bicyclic) bond motifs is 1. The van der Waals surface area contributed by atoms with Crippen molar-refractivity contribution in [1.82, 2.24) is 9.21 Å². The second kappa shape index (κ2) is 5.86. The summed E-state index contributed by atoms with van der Waals surface area (Å²) in [5, 5.41) is 0. The van der Waals surface area contributed by atoms with Gasteiger partial charge >= 0.3 is 0 Å². The number of methoxy groups -OCH3 is 1. The summed E-state index contributed by atoms with van der Waals surface area (Å²) in [7, 11) is -1.62. The molecule has 0 aromatic rings. The lowest BCUT2D eigenvalue weighted by molar-refractivity contribution is 0.106. The van der Waals surface area contributed by atoms with E-state index in [4.69, 9.17) is 4.74 Å². The van der Waals surface area contributed by atoms with Crippen LogP contribution < -0.4 is 0 Å². The number of piperazine rings is 1. The van der Waals surface area contributed by atoms with E-state index in [1.54, 1.807) is 11.4 Å². The predicted molar refractivity (Wildman–Crippen MR) is 71.0 cm³/mol. The standard InChI is InChI=1S/C12H24N2O3S/c1-3-11-9-13-6-4-5-12(13)10-14(11)18(15,16)8-7-17-2/h11-12H,3-10H2,1-2H3/t11-,12+/m1/s1. The molecule has 0 aromatic carbocycles. The number of hydrogen-bond donors (Lipinski definition) is 0. The maximum absolute atomic E-state index is 12.3. The van der Waals surface area contributed by atoms with Crippen molar-refractivity contribution in [2.75, 3.05) is 39.1 Å². The summed E-state index contributed by atoms with van der Waals surface area (Å²) < 4.78 is 31.3. The van der Waals surface area contributed by atoms with Crippen LogP contribution in [0.5, 0.6) is 0 Å². The van der Waals surface area contributed by atoms with Crippen LogP contribution in [-0.4, -0.2) is 68.8 Å². The Kier molecular flexibility index (Phi) is 4.64. The van der Waals surface area contributed by atoms with Crippen LogP contribution in [0.3, 0.4) is 0 Å². The Hall–Kier alpha value is -0.170. The number of hydrogen-bond acceptors (Lipinski definition) is 4. The lowest BCUT2D eigenvalue weighted by atomic mass is 10.1. The molecule has 0 amide bonds. The minimum Gasteiger partial charge on any atom is -0.384 e. The highest BCUT2D eigenvalue weighted by Crippen LogP contribution is 2.27. The number of ether oxygens (including phenoxy) is 1. The molecular formula is C12H24N2O3S. The fourth-order valence-corrected chi connectivity index (χ4v) is 4.72. The zero-order valence-corrected chi connectivity index (χ0v) is 12.2. The maximum atomic E-state index is 12.3. The van der Waals surface area contributed by atoms with Gasteiger partial charge in [0.05, 0.1) is 12.4 Å². The molecule has 2 heterocycles. The first-order valence-electron chi connectivity index (χ1n) is 6.81. The van der Waals surface area contributed by atoms with Crippen LogP contribution in [0.4, 0.5) is 0 Å². The van der Waals surface area contributed by atoms with Gasteiger partial charge in [0.1, 0.15) is 0 Å². The van der Waals surface area contributed by atoms with Gasteiger partial charge in [0.25, 0.3) is 0 Å². The highest BCUT2D eigenvalue weighted by molar-refractivity contribution is 7.89. The van der Waals surface area contributed by atoms with Crippen LogP contribution in [0.25, 0.3) is 0 Å².